The summed E-state index contributed by atoms with van der Waals surface area (Å²) in [7, 11) is -3.17. The molecule has 1 aliphatic heterocycles. The van der Waals surface area contributed by atoms with Crippen molar-refractivity contribution < 1.29 is 8.42 Å². The average Bonchev–Trinajstić information content (AvgIpc) is 2.93. The predicted octanol–water partition coefficient (Wildman–Crippen LogP) is 1.24. The van der Waals surface area contributed by atoms with E-state index >= 15 is 0 Å². The first-order valence-electron chi connectivity index (χ1n) is 8.36. The van der Waals surface area contributed by atoms with E-state index in [0.29, 0.717) is 26.2 Å². The normalized spacial score (nSPS) is 15.2. The molecule has 2 aromatic rings. The second-order valence-corrected chi connectivity index (χ2v) is 8.32. The first kappa shape index (κ1) is 17.8. The van der Waals surface area contributed by atoms with Crippen molar-refractivity contribution in [1.29, 1.82) is 0 Å². The molecule has 1 N–H and O–H groups in total. The van der Waals surface area contributed by atoms with Crippen LogP contribution in [0.4, 0.5) is 5.82 Å². The van der Waals surface area contributed by atoms with E-state index in [2.05, 4.69) is 27.3 Å². The maximum Gasteiger partial charge on any atom is 0.211 e. The van der Waals surface area contributed by atoms with E-state index in [-0.39, 0.29) is 0 Å². The Morgan fingerprint density at radius 3 is 2.68 bits per heavy atom. The van der Waals surface area contributed by atoms with E-state index < -0.39 is 10.0 Å². The third-order valence-electron chi connectivity index (χ3n) is 4.40. The number of nitrogens with one attached hydrogen (secondary N) is 1. The van der Waals surface area contributed by atoms with Crippen LogP contribution in [0.15, 0.2) is 6.07 Å². The Morgan fingerprint density at radius 1 is 1.24 bits per heavy atom. The molecule has 8 nitrogen and oxygen atoms in total. The number of aryl methyl sites for hydroxylation is 2. The van der Waals surface area contributed by atoms with Crippen LogP contribution < -0.4 is 5.32 Å². The van der Waals surface area contributed by atoms with Crippen LogP contribution >= 0.6 is 0 Å². The maximum atomic E-state index is 11.7. The zero-order valence-corrected chi connectivity index (χ0v) is 15.9. The van der Waals surface area contributed by atoms with Crippen molar-refractivity contribution in [1.82, 2.24) is 24.1 Å². The summed E-state index contributed by atoms with van der Waals surface area (Å²) >= 11 is 0. The molecular formula is C16H24N6O2S. The summed E-state index contributed by atoms with van der Waals surface area (Å²) in [6.07, 6.45) is 2.10. The average molecular weight is 364 g/mol. The molecule has 0 radical (unpaired) electrons. The summed E-state index contributed by atoms with van der Waals surface area (Å²) < 4.78 is 26.8. The lowest BCUT2D eigenvalue weighted by Crippen LogP contribution is -2.37. The maximum absolute atomic E-state index is 11.7. The second-order valence-electron chi connectivity index (χ2n) is 6.34. The summed E-state index contributed by atoms with van der Waals surface area (Å²) in [6, 6.07) is 1.96. The molecule has 136 valence electrons. The Morgan fingerprint density at radius 2 is 2.00 bits per heavy atom. The van der Waals surface area contributed by atoms with Crippen molar-refractivity contribution in [3.05, 3.63) is 34.5 Å². The Bertz CT molecular complexity index is 890. The Labute approximate surface area is 148 Å². The molecule has 0 aliphatic carbocycles. The van der Waals surface area contributed by atoms with Crippen LogP contribution in [-0.4, -0.2) is 45.3 Å². The van der Waals surface area contributed by atoms with Crippen molar-refractivity contribution in [2.24, 2.45) is 0 Å². The minimum Gasteiger partial charge on any atom is -0.364 e. The van der Waals surface area contributed by atoms with E-state index in [1.807, 2.05) is 24.6 Å². The minimum absolute atomic E-state index is 0.373. The molecule has 3 rings (SSSR count). The van der Waals surface area contributed by atoms with Gasteiger partial charge in [-0.25, -0.2) is 18.4 Å². The van der Waals surface area contributed by atoms with Crippen LogP contribution in [0.25, 0.3) is 0 Å². The highest BCUT2D eigenvalue weighted by Gasteiger charge is 2.24. The van der Waals surface area contributed by atoms with Gasteiger partial charge in [-0.05, 0) is 26.3 Å². The molecule has 0 saturated heterocycles. The summed E-state index contributed by atoms with van der Waals surface area (Å²) in [5.74, 6) is 1.58. The summed E-state index contributed by atoms with van der Waals surface area (Å²) in [6.45, 7) is 7.92. The predicted molar refractivity (Wildman–Crippen MR) is 95.7 cm³/mol. The van der Waals surface area contributed by atoms with Crippen LogP contribution in [-0.2, 0) is 36.1 Å². The number of hydrogen-bond donors (Lipinski definition) is 1. The van der Waals surface area contributed by atoms with Crippen molar-refractivity contribution in [3.8, 4) is 0 Å². The van der Waals surface area contributed by atoms with Gasteiger partial charge < -0.3 is 5.32 Å². The van der Waals surface area contributed by atoms with Crippen LogP contribution in [0.2, 0.25) is 0 Å². The van der Waals surface area contributed by atoms with Gasteiger partial charge in [0.15, 0.2) is 0 Å². The highest BCUT2D eigenvalue weighted by molar-refractivity contribution is 7.88. The topological polar surface area (TPSA) is 93.0 Å². The van der Waals surface area contributed by atoms with Gasteiger partial charge in [0.2, 0.25) is 10.0 Å². The third-order valence-corrected chi connectivity index (χ3v) is 5.65. The minimum atomic E-state index is -3.17. The molecule has 25 heavy (non-hydrogen) atoms. The smallest absolute Gasteiger partial charge is 0.211 e. The van der Waals surface area contributed by atoms with Gasteiger partial charge in [-0.3, -0.25) is 4.68 Å². The monoisotopic (exact) mass is 364 g/mol. The van der Waals surface area contributed by atoms with E-state index in [9.17, 15) is 8.42 Å². The molecule has 0 saturated carbocycles. The number of sulfonamides is 1. The van der Waals surface area contributed by atoms with Gasteiger partial charge in [0.1, 0.15) is 11.6 Å². The van der Waals surface area contributed by atoms with Crippen LogP contribution in [0.5, 0.6) is 0 Å². The van der Waals surface area contributed by atoms with Crippen LogP contribution in [0.1, 0.15) is 35.4 Å². The van der Waals surface area contributed by atoms with Gasteiger partial charge >= 0.3 is 0 Å². The quantitative estimate of drug-likeness (QED) is 0.858. The molecule has 1 aliphatic rings. The number of rotatable bonds is 5. The fourth-order valence-corrected chi connectivity index (χ4v) is 3.93. The molecular weight excluding hydrogens is 340 g/mol. The van der Waals surface area contributed by atoms with Gasteiger partial charge in [0.25, 0.3) is 0 Å². The van der Waals surface area contributed by atoms with E-state index in [4.69, 9.17) is 0 Å². The van der Waals surface area contributed by atoms with Crippen molar-refractivity contribution in [2.45, 2.75) is 46.8 Å². The van der Waals surface area contributed by atoms with Gasteiger partial charge in [-0.15, -0.1) is 0 Å². The van der Waals surface area contributed by atoms with E-state index in [1.54, 1.807) is 0 Å². The molecule has 0 unspecified atom stereocenters. The van der Waals surface area contributed by atoms with Crippen molar-refractivity contribution in [2.75, 3.05) is 18.1 Å². The van der Waals surface area contributed by atoms with Gasteiger partial charge in [0, 0.05) is 17.8 Å². The van der Waals surface area contributed by atoms with Gasteiger partial charge in [-0.1, -0.05) is 6.92 Å². The Hall–Kier alpha value is -2.00. The van der Waals surface area contributed by atoms with Gasteiger partial charge in [-0.2, -0.15) is 9.40 Å². The second kappa shape index (κ2) is 6.72. The van der Waals surface area contributed by atoms with Crippen molar-refractivity contribution >= 4 is 15.8 Å². The molecule has 2 aromatic heterocycles. The first-order chi connectivity index (χ1) is 11.8. The zero-order chi connectivity index (χ0) is 18.2. The highest BCUT2D eigenvalue weighted by Crippen LogP contribution is 2.19. The number of fused-ring (bicyclic) bond motifs is 1. The van der Waals surface area contributed by atoms with E-state index in [1.165, 1.54) is 10.6 Å². The lowest BCUT2D eigenvalue weighted by atomic mass is 10.1. The molecule has 0 spiro atoms. The molecule has 3 heterocycles. The fraction of sp³-hybridized carbons (Fsp3) is 0.562. The highest BCUT2D eigenvalue weighted by atomic mass is 32.2. The number of aromatic nitrogens is 4. The fourth-order valence-electron chi connectivity index (χ4n) is 3.15. The molecule has 0 amide bonds. The van der Waals surface area contributed by atoms with E-state index in [0.717, 1.165) is 40.7 Å². The largest absolute Gasteiger partial charge is 0.364 e. The molecule has 0 atom stereocenters. The summed E-state index contributed by atoms with van der Waals surface area (Å²) in [5.41, 5.74) is 3.89. The van der Waals surface area contributed by atoms with Crippen LogP contribution in [0.3, 0.4) is 0 Å². The third kappa shape index (κ3) is 3.82. The number of nitrogens with zero attached hydrogens (tertiary/aromatic N) is 5. The summed E-state index contributed by atoms with van der Waals surface area (Å²) in [4.78, 5) is 8.91. The number of hydrogen-bond acceptors (Lipinski definition) is 6. The summed E-state index contributed by atoms with van der Waals surface area (Å²) in [5, 5.41) is 7.93. The SMILES string of the molecule is CCc1c(C)nc(C)nc1NCc1cc2n(n1)CCN(S(C)(=O)=O)C2. The Balaban J connectivity index is 1.75. The molecule has 0 aromatic carbocycles. The lowest BCUT2D eigenvalue weighted by Gasteiger charge is -2.25. The molecule has 0 bridgehead atoms. The standard InChI is InChI=1S/C16H24N6O2S/c1-5-15-11(2)18-12(3)19-16(15)17-9-13-8-14-10-21(25(4,23)24)6-7-22(14)20-13/h8H,5-7,9-10H2,1-4H3,(H,17,18,19). The lowest BCUT2D eigenvalue weighted by molar-refractivity contribution is 0.328. The molecule has 0 fully saturated rings. The molecule has 9 heteroatoms. The van der Waals surface area contributed by atoms with Crippen LogP contribution in [0, 0.1) is 13.8 Å². The van der Waals surface area contributed by atoms with Gasteiger partial charge in [0.05, 0.1) is 37.3 Å². The van der Waals surface area contributed by atoms with Crippen molar-refractivity contribution in [3.63, 3.8) is 0 Å². The zero-order valence-electron chi connectivity index (χ0n) is 15.1. The Kier molecular flexibility index (Phi) is 4.79. The first-order valence-corrected chi connectivity index (χ1v) is 10.2. The number of anilines is 1.